The Morgan fingerprint density at radius 1 is 0.467 bits per heavy atom. The molecule has 2 aliphatic rings. The number of nitrogens with one attached hydrogen (secondary N) is 1. The van der Waals surface area contributed by atoms with Crippen molar-refractivity contribution in [2.75, 3.05) is 19.8 Å². The Labute approximate surface area is 455 Å². The van der Waals surface area contributed by atoms with Crippen molar-refractivity contribution >= 4 is 5.91 Å². The summed E-state index contributed by atoms with van der Waals surface area (Å²) in [6.45, 7) is 2.80. The first kappa shape index (κ1) is 69.3. The maximum Gasteiger partial charge on any atom is 0.220 e. The molecule has 0 aromatic rings. The van der Waals surface area contributed by atoms with Crippen molar-refractivity contribution < 1.29 is 64.6 Å². The molecule has 1 amide bonds. The van der Waals surface area contributed by atoms with Gasteiger partial charge in [0.1, 0.15) is 48.8 Å². The zero-order valence-electron chi connectivity index (χ0n) is 47.3. The molecule has 0 saturated carbocycles. The first-order valence-corrected chi connectivity index (χ1v) is 30.7. The van der Waals surface area contributed by atoms with Gasteiger partial charge in [0.25, 0.3) is 0 Å². The molecule has 2 heterocycles. The SMILES string of the molecule is CCCCCCCCCCCCCCC/C=C/CC/C=C/CC/C=C/C(O)C(COC1OC(CO)C(OC2OC(CO)C(O)C(O)C2O)C(O)C1O)NC(=O)CCCCCCCCCCCCCCCCCCCC. The summed E-state index contributed by atoms with van der Waals surface area (Å²) in [4.78, 5) is 13.3. The Hall–Kier alpha value is -1.79. The number of unbranched alkanes of at least 4 members (excludes halogenated alkanes) is 32. The molecule has 0 aromatic heterocycles. The van der Waals surface area contributed by atoms with Crippen LogP contribution < -0.4 is 5.32 Å². The smallest absolute Gasteiger partial charge is 0.220 e. The van der Waals surface area contributed by atoms with Gasteiger partial charge in [-0.05, 0) is 44.9 Å². The van der Waals surface area contributed by atoms with Crippen LogP contribution in [-0.4, -0.2) is 140 Å². The Balaban J connectivity index is 1.78. The summed E-state index contributed by atoms with van der Waals surface area (Å²) in [5.41, 5.74) is 0. The quantitative estimate of drug-likeness (QED) is 0.0204. The lowest BCUT2D eigenvalue weighted by molar-refractivity contribution is -0.359. The van der Waals surface area contributed by atoms with E-state index in [1.165, 1.54) is 173 Å². The van der Waals surface area contributed by atoms with Crippen molar-refractivity contribution in [3.63, 3.8) is 0 Å². The molecule has 2 fully saturated rings. The fraction of sp³-hybridized carbons (Fsp3) is 0.885. The lowest BCUT2D eigenvalue weighted by Gasteiger charge is -2.46. The monoisotopic (exact) mass is 1070 g/mol. The van der Waals surface area contributed by atoms with Crippen molar-refractivity contribution in [1.29, 1.82) is 0 Å². The summed E-state index contributed by atoms with van der Waals surface area (Å²) in [6.07, 6.45) is 40.4. The highest BCUT2D eigenvalue weighted by Gasteiger charge is 2.51. The van der Waals surface area contributed by atoms with E-state index in [2.05, 4.69) is 43.5 Å². The lowest BCUT2D eigenvalue weighted by Crippen LogP contribution is -2.65. The second kappa shape index (κ2) is 47.1. The summed E-state index contributed by atoms with van der Waals surface area (Å²) >= 11 is 0. The van der Waals surface area contributed by atoms with E-state index >= 15 is 0 Å². The third-order valence-corrected chi connectivity index (χ3v) is 15.1. The molecule has 2 rings (SSSR count). The van der Waals surface area contributed by atoms with Crippen LogP contribution in [0.4, 0.5) is 0 Å². The Morgan fingerprint density at radius 3 is 1.31 bits per heavy atom. The number of carbonyl (C=O) groups excluding carboxylic acids is 1. The average Bonchev–Trinajstić information content (AvgIpc) is 3.41. The minimum atomic E-state index is -1.79. The number of ether oxygens (including phenoxy) is 4. The molecule has 0 spiro atoms. The second-order valence-electron chi connectivity index (χ2n) is 21.8. The summed E-state index contributed by atoms with van der Waals surface area (Å²) in [6, 6.07) is -0.935. The van der Waals surface area contributed by atoms with Gasteiger partial charge < -0.3 is 65.1 Å². The Kier molecular flexibility index (Phi) is 43.5. The molecule has 2 aliphatic heterocycles. The van der Waals surface area contributed by atoms with Crippen molar-refractivity contribution in [3.8, 4) is 0 Å². The summed E-state index contributed by atoms with van der Waals surface area (Å²) in [5, 5.41) is 87.1. The first-order chi connectivity index (χ1) is 36.6. The highest BCUT2D eigenvalue weighted by Crippen LogP contribution is 2.30. The van der Waals surface area contributed by atoms with Gasteiger partial charge >= 0.3 is 0 Å². The molecule has 0 aliphatic carbocycles. The van der Waals surface area contributed by atoms with Crippen LogP contribution >= 0.6 is 0 Å². The molecular formula is C61H113NO13. The number of rotatable bonds is 49. The number of hydrogen-bond donors (Lipinski definition) is 9. The van der Waals surface area contributed by atoms with E-state index in [1.807, 2.05) is 6.08 Å². The molecule has 14 heteroatoms. The summed E-state index contributed by atoms with van der Waals surface area (Å²) < 4.78 is 22.8. The molecule has 440 valence electrons. The molecule has 0 aromatic carbocycles. The third-order valence-electron chi connectivity index (χ3n) is 15.1. The number of amides is 1. The standard InChI is InChI=1S/C61H113NO13/c1-3-5-7-9-11-13-15-17-19-21-23-24-25-26-27-28-30-32-34-36-38-40-42-44-50(65)49(62-53(66)45-43-41-39-37-35-33-31-29-22-20-18-16-14-12-10-8-6-4-2)48-72-60-58(71)56(69)59(52(47-64)74-60)75-61-57(70)55(68)54(67)51(46-63)73-61/h27-28,34,36,42,44,49-52,54-61,63-65,67-71H,3-26,29-33,35,37-41,43,45-48H2,1-2H3,(H,62,66)/b28-27+,36-34+,44-42+. The van der Waals surface area contributed by atoms with Crippen molar-refractivity contribution in [2.45, 2.75) is 325 Å². The highest BCUT2D eigenvalue weighted by atomic mass is 16.7. The van der Waals surface area contributed by atoms with Gasteiger partial charge in [0.2, 0.25) is 5.91 Å². The van der Waals surface area contributed by atoms with Crippen LogP contribution in [0.2, 0.25) is 0 Å². The van der Waals surface area contributed by atoms with E-state index in [-0.39, 0.29) is 18.9 Å². The number of carbonyl (C=O) groups is 1. The van der Waals surface area contributed by atoms with Crippen molar-refractivity contribution in [3.05, 3.63) is 36.5 Å². The molecule has 0 bridgehead atoms. The fourth-order valence-corrected chi connectivity index (χ4v) is 10.1. The minimum Gasteiger partial charge on any atom is -0.394 e. The van der Waals surface area contributed by atoms with Gasteiger partial charge in [-0.1, -0.05) is 237 Å². The van der Waals surface area contributed by atoms with Gasteiger partial charge in [0, 0.05) is 6.42 Å². The van der Waals surface area contributed by atoms with Gasteiger partial charge in [0.15, 0.2) is 12.6 Å². The number of allylic oxidation sites excluding steroid dienone is 5. The van der Waals surface area contributed by atoms with Crippen LogP contribution in [0.1, 0.15) is 251 Å². The van der Waals surface area contributed by atoms with Gasteiger partial charge in [-0.25, -0.2) is 0 Å². The van der Waals surface area contributed by atoms with E-state index in [9.17, 15) is 45.6 Å². The topological polar surface area (TPSA) is 228 Å². The predicted molar refractivity (Wildman–Crippen MR) is 300 cm³/mol. The molecule has 9 N–H and O–H groups in total. The van der Waals surface area contributed by atoms with Crippen LogP contribution in [0.15, 0.2) is 36.5 Å². The number of aliphatic hydroxyl groups is 8. The van der Waals surface area contributed by atoms with Crippen LogP contribution in [0.3, 0.4) is 0 Å². The van der Waals surface area contributed by atoms with Crippen LogP contribution in [0.5, 0.6) is 0 Å². The second-order valence-corrected chi connectivity index (χ2v) is 21.8. The zero-order chi connectivity index (χ0) is 54.6. The molecule has 0 radical (unpaired) electrons. The summed E-state index contributed by atoms with van der Waals surface area (Å²) in [5.74, 6) is -0.250. The van der Waals surface area contributed by atoms with Gasteiger partial charge in [-0.2, -0.15) is 0 Å². The molecular weight excluding hydrogens is 955 g/mol. The van der Waals surface area contributed by atoms with Crippen LogP contribution in [-0.2, 0) is 23.7 Å². The average molecular weight is 1070 g/mol. The number of aliphatic hydroxyl groups excluding tert-OH is 8. The maximum atomic E-state index is 13.3. The van der Waals surface area contributed by atoms with Crippen LogP contribution in [0.25, 0.3) is 0 Å². The molecule has 12 atom stereocenters. The zero-order valence-corrected chi connectivity index (χ0v) is 47.3. The van der Waals surface area contributed by atoms with E-state index in [1.54, 1.807) is 6.08 Å². The molecule has 14 nitrogen and oxygen atoms in total. The lowest BCUT2D eigenvalue weighted by atomic mass is 9.97. The Morgan fingerprint density at radius 2 is 0.853 bits per heavy atom. The fourth-order valence-electron chi connectivity index (χ4n) is 10.1. The number of hydrogen-bond acceptors (Lipinski definition) is 13. The molecule has 75 heavy (non-hydrogen) atoms. The highest BCUT2D eigenvalue weighted by molar-refractivity contribution is 5.76. The van der Waals surface area contributed by atoms with Crippen molar-refractivity contribution in [1.82, 2.24) is 5.32 Å². The predicted octanol–water partition coefficient (Wildman–Crippen LogP) is 10.6. The van der Waals surface area contributed by atoms with E-state index in [0.717, 1.165) is 44.9 Å². The minimum absolute atomic E-state index is 0.250. The Bertz CT molecular complexity index is 1400. The maximum absolute atomic E-state index is 13.3. The normalized spacial score (nSPS) is 25.3. The van der Waals surface area contributed by atoms with E-state index in [4.69, 9.17) is 18.9 Å². The van der Waals surface area contributed by atoms with Gasteiger partial charge in [0.05, 0.1) is 32.0 Å². The first-order valence-electron chi connectivity index (χ1n) is 30.7. The largest absolute Gasteiger partial charge is 0.394 e. The third kappa shape index (κ3) is 32.8. The van der Waals surface area contributed by atoms with E-state index in [0.29, 0.717) is 12.8 Å². The van der Waals surface area contributed by atoms with Crippen molar-refractivity contribution in [2.24, 2.45) is 0 Å². The molecule has 2 saturated heterocycles. The summed E-state index contributed by atoms with van der Waals surface area (Å²) in [7, 11) is 0. The van der Waals surface area contributed by atoms with Gasteiger partial charge in [-0.15, -0.1) is 0 Å². The van der Waals surface area contributed by atoms with Crippen LogP contribution in [0, 0.1) is 0 Å². The molecule has 12 unspecified atom stereocenters. The van der Waals surface area contributed by atoms with E-state index < -0.39 is 86.8 Å². The van der Waals surface area contributed by atoms with Gasteiger partial charge in [-0.3, -0.25) is 4.79 Å².